The Morgan fingerprint density at radius 2 is 1.70 bits per heavy atom. The molecule has 2 amide bonds. The van der Waals surface area contributed by atoms with E-state index < -0.39 is 17.8 Å². The zero-order chi connectivity index (χ0) is 24.4. The van der Waals surface area contributed by atoms with Crippen molar-refractivity contribution in [2.45, 2.75) is 38.0 Å². The lowest BCUT2D eigenvalue weighted by Crippen LogP contribution is -2.28. The van der Waals surface area contributed by atoms with Crippen LogP contribution >= 0.6 is 0 Å². The number of nitrogens with one attached hydrogen (secondary N) is 3. The molecule has 7 nitrogen and oxygen atoms in total. The summed E-state index contributed by atoms with van der Waals surface area (Å²) in [7, 11) is 3.95. The van der Waals surface area contributed by atoms with Crippen LogP contribution < -0.4 is 16.0 Å². The monoisotopic (exact) mass is 466 g/mol. The molecule has 0 spiro atoms. The molecule has 33 heavy (non-hydrogen) atoms. The Morgan fingerprint density at radius 1 is 1.06 bits per heavy atom. The molecule has 0 aliphatic heterocycles. The summed E-state index contributed by atoms with van der Waals surface area (Å²) in [5, 5.41) is 16.4. The highest BCUT2D eigenvalue weighted by Crippen LogP contribution is 2.35. The van der Waals surface area contributed by atoms with Crippen LogP contribution in [0.2, 0.25) is 0 Å². The minimum Gasteiger partial charge on any atom is -0.465 e. The fraction of sp³-hybridized carbons (Fsp3) is 0.391. The van der Waals surface area contributed by atoms with Gasteiger partial charge in [-0.1, -0.05) is 24.3 Å². The van der Waals surface area contributed by atoms with Crippen molar-refractivity contribution in [2.75, 3.05) is 26.0 Å². The zero-order valence-electron chi connectivity index (χ0n) is 18.6. The van der Waals surface area contributed by atoms with Crippen LogP contribution in [0, 0.1) is 0 Å². The Labute approximate surface area is 191 Å². The van der Waals surface area contributed by atoms with Gasteiger partial charge in [0.25, 0.3) is 0 Å². The van der Waals surface area contributed by atoms with Gasteiger partial charge in [-0.05, 0) is 56.8 Å². The Balaban J connectivity index is 0.000000294. The third kappa shape index (κ3) is 10.3. The molecule has 2 aromatic rings. The van der Waals surface area contributed by atoms with Crippen LogP contribution in [0.1, 0.15) is 30.4 Å². The van der Waals surface area contributed by atoms with Crippen molar-refractivity contribution in [3.05, 3.63) is 59.7 Å². The lowest BCUT2D eigenvalue weighted by Gasteiger charge is -2.14. The molecule has 0 unspecified atom stereocenters. The molecule has 180 valence electrons. The fourth-order valence-corrected chi connectivity index (χ4v) is 2.73. The molecule has 0 atom stereocenters. The van der Waals surface area contributed by atoms with E-state index in [1.165, 1.54) is 31.0 Å². The van der Waals surface area contributed by atoms with Gasteiger partial charge in [0.2, 0.25) is 5.91 Å². The van der Waals surface area contributed by atoms with Gasteiger partial charge in [-0.15, -0.1) is 0 Å². The summed E-state index contributed by atoms with van der Waals surface area (Å²) in [6, 6.07) is 12.2. The molecule has 2 aromatic carbocycles. The number of nitrogens with zero attached hydrogens (tertiary/aromatic N) is 1. The van der Waals surface area contributed by atoms with Gasteiger partial charge in [-0.3, -0.25) is 4.79 Å². The van der Waals surface area contributed by atoms with Crippen molar-refractivity contribution in [3.63, 3.8) is 0 Å². The van der Waals surface area contributed by atoms with Crippen LogP contribution in [0.4, 0.5) is 29.3 Å². The highest BCUT2D eigenvalue weighted by atomic mass is 19.4. The summed E-state index contributed by atoms with van der Waals surface area (Å²) in [6.45, 7) is 0.979. The van der Waals surface area contributed by atoms with Crippen LogP contribution in [-0.2, 0) is 17.5 Å². The lowest BCUT2D eigenvalue weighted by molar-refractivity contribution is -0.137. The van der Waals surface area contributed by atoms with Gasteiger partial charge in [0, 0.05) is 31.2 Å². The molecule has 0 heterocycles. The number of hydrogen-bond acceptors (Lipinski definition) is 4. The van der Waals surface area contributed by atoms with Gasteiger partial charge >= 0.3 is 12.3 Å². The molecule has 0 aromatic heterocycles. The molecular formula is C23H29F3N4O3. The maximum Gasteiger partial charge on any atom is 0.418 e. The Kier molecular flexibility index (Phi) is 9.53. The van der Waals surface area contributed by atoms with Crippen molar-refractivity contribution in [2.24, 2.45) is 0 Å². The predicted octanol–water partition coefficient (Wildman–Crippen LogP) is 4.43. The maximum absolute atomic E-state index is 12.9. The van der Waals surface area contributed by atoms with E-state index in [2.05, 4.69) is 16.0 Å². The van der Waals surface area contributed by atoms with E-state index in [1.807, 2.05) is 19.0 Å². The van der Waals surface area contributed by atoms with Crippen molar-refractivity contribution in [3.8, 4) is 0 Å². The van der Waals surface area contributed by atoms with Crippen LogP contribution in [-0.4, -0.2) is 48.7 Å². The first-order valence-corrected chi connectivity index (χ1v) is 10.5. The van der Waals surface area contributed by atoms with Crippen molar-refractivity contribution < 1.29 is 27.9 Å². The first kappa shape index (κ1) is 26.0. The van der Waals surface area contributed by atoms with Crippen molar-refractivity contribution in [1.82, 2.24) is 15.5 Å². The number of carbonyl (C=O) groups excluding carboxylic acids is 1. The lowest BCUT2D eigenvalue weighted by atomic mass is 10.1. The number of alkyl halides is 3. The molecule has 0 radical (unpaired) electrons. The smallest absolute Gasteiger partial charge is 0.418 e. The molecule has 10 heteroatoms. The average Bonchev–Trinajstić information content (AvgIpc) is 3.56. The number of para-hydroxylation sites is 1. The van der Waals surface area contributed by atoms with E-state index in [4.69, 9.17) is 5.11 Å². The van der Waals surface area contributed by atoms with E-state index in [-0.39, 0.29) is 18.1 Å². The highest BCUT2D eigenvalue weighted by molar-refractivity contribution is 5.76. The first-order valence-electron chi connectivity index (χ1n) is 10.5. The number of hydrogen-bond donors (Lipinski definition) is 4. The zero-order valence-corrected chi connectivity index (χ0v) is 18.6. The van der Waals surface area contributed by atoms with E-state index in [9.17, 15) is 22.8 Å². The number of carbonyl (C=O) groups is 2. The minimum atomic E-state index is -4.44. The Morgan fingerprint density at radius 3 is 2.24 bits per heavy atom. The predicted molar refractivity (Wildman–Crippen MR) is 120 cm³/mol. The minimum absolute atomic E-state index is 0.0357. The number of amides is 2. The molecule has 1 saturated carbocycles. The second-order valence-corrected chi connectivity index (χ2v) is 7.92. The molecule has 3 rings (SSSR count). The van der Waals surface area contributed by atoms with Gasteiger partial charge in [0.15, 0.2) is 0 Å². The van der Waals surface area contributed by atoms with Crippen LogP contribution in [0.15, 0.2) is 48.5 Å². The van der Waals surface area contributed by atoms with Gasteiger partial charge in [-0.25, -0.2) is 4.79 Å². The topological polar surface area (TPSA) is 93.7 Å². The van der Waals surface area contributed by atoms with E-state index in [0.717, 1.165) is 12.6 Å². The van der Waals surface area contributed by atoms with E-state index in [1.54, 1.807) is 24.3 Å². The molecular weight excluding hydrogens is 437 g/mol. The number of carboxylic acid groups (broad SMARTS) is 1. The SMILES string of the molecule is CN(C)CCC(=O)NC1CC1.O=C(O)NCc1ccc(Nc2ccccc2C(F)(F)F)cc1. The molecule has 0 saturated heterocycles. The van der Waals surface area contributed by atoms with Gasteiger partial charge in [0.05, 0.1) is 11.3 Å². The third-order valence-electron chi connectivity index (χ3n) is 4.64. The molecule has 1 aliphatic carbocycles. The van der Waals surface area contributed by atoms with Crippen molar-refractivity contribution >= 4 is 23.4 Å². The largest absolute Gasteiger partial charge is 0.465 e. The van der Waals surface area contributed by atoms with Crippen LogP contribution in [0.5, 0.6) is 0 Å². The summed E-state index contributed by atoms with van der Waals surface area (Å²) in [5.41, 5.74) is 0.408. The number of benzene rings is 2. The number of halogens is 3. The van der Waals surface area contributed by atoms with Gasteiger partial charge < -0.3 is 26.0 Å². The summed E-state index contributed by atoms with van der Waals surface area (Å²) < 4.78 is 38.7. The molecule has 1 fully saturated rings. The number of rotatable bonds is 8. The maximum atomic E-state index is 12.9. The number of anilines is 2. The van der Waals surface area contributed by atoms with Crippen molar-refractivity contribution in [1.29, 1.82) is 0 Å². The fourth-order valence-electron chi connectivity index (χ4n) is 2.73. The molecule has 0 bridgehead atoms. The standard InChI is InChI=1S/C15H13F3N2O2.C8H16N2O/c16-15(17,18)12-3-1-2-4-13(12)20-11-7-5-10(6-8-11)9-19-14(21)22;1-10(2)6-5-8(11)9-7-3-4-7/h1-8,19-20H,9H2,(H,21,22);7H,3-6H2,1-2H3,(H,9,11). The normalized spacial score (nSPS) is 13.0. The molecule has 1 aliphatic rings. The average molecular weight is 467 g/mol. The second-order valence-electron chi connectivity index (χ2n) is 7.92. The second kappa shape index (κ2) is 12.1. The quantitative estimate of drug-likeness (QED) is 0.462. The highest BCUT2D eigenvalue weighted by Gasteiger charge is 2.33. The van der Waals surface area contributed by atoms with E-state index >= 15 is 0 Å². The third-order valence-corrected chi connectivity index (χ3v) is 4.64. The summed E-state index contributed by atoms with van der Waals surface area (Å²) in [6.07, 6.45) is -2.60. The van der Waals surface area contributed by atoms with Gasteiger partial charge in [0.1, 0.15) is 0 Å². The van der Waals surface area contributed by atoms with Gasteiger partial charge in [-0.2, -0.15) is 13.2 Å². The van der Waals surface area contributed by atoms with Crippen LogP contribution in [0.3, 0.4) is 0 Å². The summed E-state index contributed by atoms with van der Waals surface area (Å²) in [5.74, 6) is 0.196. The summed E-state index contributed by atoms with van der Waals surface area (Å²) in [4.78, 5) is 23.5. The Hall–Kier alpha value is -3.27. The summed E-state index contributed by atoms with van der Waals surface area (Å²) >= 11 is 0. The Bertz CT molecular complexity index is 914. The molecule has 4 N–H and O–H groups in total. The van der Waals surface area contributed by atoms with Crippen LogP contribution in [0.25, 0.3) is 0 Å². The van der Waals surface area contributed by atoms with E-state index in [0.29, 0.717) is 23.7 Å². The first-order chi connectivity index (χ1) is 15.5.